The molecule has 0 heterocycles. The molecule has 0 aliphatic carbocycles. The first kappa shape index (κ1) is 16.0. The number of hydrogen-bond acceptors (Lipinski definition) is 2. The average molecular weight is 275 g/mol. The molecule has 0 bridgehead atoms. The highest BCUT2D eigenvalue weighted by atomic mass is 19.4. The molecule has 1 rings (SSSR count). The Morgan fingerprint density at radius 3 is 2.26 bits per heavy atom. The fourth-order valence-electron chi connectivity index (χ4n) is 2.00. The first-order chi connectivity index (χ1) is 8.98. The number of nitrogens with one attached hydrogen (secondary N) is 1. The summed E-state index contributed by atoms with van der Waals surface area (Å²) in [5, 5.41) is 3.19. The standard InChI is InChI=1S/C14H20F3NO/c1-3-12(19-10-14(15,16)17)13(18-4-2)11-8-6-5-7-9-11/h5-9,12-13,18H,3-4,10H2,1-2H3. The summed E-state index contributed by atoms with van der Waals surface area (Å²) < 4.78 is 41.8. The maximum Gasteiger partial charge on any atom is 0.411 e. The summed E-state index contributed by atoms with van der Waals surface area (Å²) in [6, 6.07) is 9.19. The Hall–Kier alpha value is -1.07. The van der Waals surface area contributed by atoms with E-state index in [0.29, 0.717) is 13.0 Å². The first-order valence-electron chi connectivity index (χ1n) is 6.44. The number of hydrogen-bond donors (Lipinski definition) is 1. The summed E-state index contributed by atoms with van der Waals surface area (Å²) >= 11 is 0. The molecule has 19 heavy (non-hydrogen) atoms. The van der Waals surface area contributed by atoms with Crippen molar-refractivity contribution in [2.75, 3.05) is 13.2 Å². The predicted octanol–water partition coefficient (Wildman–Crippen LogP) is 3.69. The van der Waals surface area contributed by atoms with Crippen molar-refractivity contribution in [3.8, 4) is 0 Å². The van der Waals surface area contributed by atoms with Crippen LogP contribution in [0, 0.1) is 0 Å². The minimum absolute atomic E-state index is 0.224. The molecule has 0 amide bonds. The Balaban J connectivity index is 2.77. The summed E-state index contributed by atoms with van der Waals surface area (Å²) in [6.07, 6.45) is -4.27. The van der Waals surface area contributed by atoms with Gasteiger partial charge in [0.15, 0.2) is 0 Å². The number of benzene rings is 1. The molecular weight excluding hydrogens is 255 g/mol. The van der Waals surface area contributed by atoms with Gasteiger partial charge in [0.1, 0.15) is 6.61 Å². The largest absolute Gasteiger partial charge is 0.411 e. The lowest BCUT2D eigenvalue weighted by Gasteiger charge is -2.28. The minimum atomic E-state index is -4.29. The van der Waals surface area contributed by atoms with Gasteiger partial charge in [0.05, 0.1) is 12.1 Å². The molecule has 108 valence electrons. The Morgan fingerprint density at radius 1 is 1.16 bits per heavy atom. The van der Waals surface area contributed by atoms with Gasteiger partial charge in [-0.3, -0.25) is 0 Å². The van der Waals surface area contributed by atoms with Gasteiger partial charge < -0.3 is 10.1 Å². The van der Waals surface area contributed by atoms with E-state index in [2.05, 4.69) is 5.32 Å². The van der Waals surface area contributed by atoms with Crippen molar-refractivity contribution >= 4 is 0 Å². The van der Waals surface area contributed by atoms with Crippen molar-refractivity contribution < 1.29 is 17.9 Å². The second-order valence-corrected chi connectivity index (χ2v) is 4.32. The molecule has 0 saturated heterocycles. The predicted molar refractivity (Wildman–Crippen MR) is 68.9 cm³/mol. The van der Waals surface area contributed by atoms with Crippen LogP contribution in [0.3, 0.4) is 0 Å². The van der Waals surface area contributed by atoms with E-state index in [1.165, 1.54) is 0 Å². The summed E-state index contributed by atoms with van der Waals surface area (Å²) in [7, 11) is 0. The quantitative estimate of drug-likeness (QED) is 0.819. The maximum absolute atomic E-state index is 12.3. The van der Waals surface area contributed by atoms with Crippen LogP contribution in [0.4, 0.5) is 13.2 Å². The van der Waals surface area contributed by atoms with Gasteiger partial charge >= 0.3 is 6.18 Å². The lowest BCUT2D eigenvalue weighted by molar-refractivity contribution is -0.188. The zero-order valence-electron chi connectivity index (χ0n) is 11.2. The highest BCUT2D eigenvalue weighted by molar-refractivity contribution is 5.20. The Morgan fingerprint density at radius 2 is 1.79 bits per heavy atom. The second kappa shape index (κ2) is 7.50. The maximum atomic E-state index is 12.3. The van der Waals surface area contributed by atoms with E-state index in [1.807, 2.05) is 44.2 Å². The van der Waals surface area contributed by atoms with Gasteiger partial charge in [-0.15, -0.1) is 0 Å². The van der Waals surface area contributed by atoms with Crippen molar-refractivity contribution in [2.45, 2.75) is 38.6 Å². The van der Waals surface area contributed by atoms with E-state index in [0.717, 1.165) is 5.56 Å². The number of rotatable bonds is 7. The van der Waals surface area contributed by atoms with Crippen LogP contribution in [-0.2, 0) is 4.74 Å². The third-order valence-corrected chi connectivity index (χ3v) is 2.82. The molecule has 0 fully saturated rings. The lowest BCUT2D eigenvalue weighted by atomic mass is 9.99. The van der Waals surface area contributed by atoms with Crippen LogP contribution in [-0.4, -0.2) is 25.4 Å². The molecule has 1 N–H and O–H groups in total. The topological polar surface area (TPSA) is 21.3 Å². The number of likely N-dealkylation sites (N-methyl/N-ethyl adjacent to an activating group) is 1. The van der Waals surface area contributed by atoms with E-state index in [9.17, 15) is 13.2 Å². The van der Waals surface area contributed by atoms with Crippen LogP contribution in [0.15, 0.2) is 30.3 Å². The van der Waals surface area contributed by atoms with Gasteiger partial charge in [-0.1, -0.05) is 44.2 Å². The van der Waals surface area contributed by atoms with Crippen molar-refractivity contribution in [3.05, 3.63) is 35.9 Å². The first-order valence-corrected chi connectivity index (χ1v) is 6.44. The van der Waals surface area contributed by atoms with Gasteiger partial charge in [0, 0.05) is 0 Å². The lowest BCUT2D eigenvalue weighted by Crippen LogP contribution is -2.35. The van der Waals surface area contributed by atoms with Crippen LogP contribution in [0.2, 0.25) is 0 Å². The zero-order valence-corrected chi connectivity index (χ0v) is 11.2. The summed E-state index contributed by atoms with van der Waals surface area (Å²) in [6.45, 7) is 3.21. The molecule has 0 aliphatic rings. The highest BCUT2D eigenvalue weighted by Gasteiger charge is 2.31. The van der Waals surface area contributed by atoms with Gasteiger partial charge in [0.25, 0.3) is 0 Å². The minimum Gasteiger partial charge on any atom is -0.367 e. The smallest absolute Gasteiger partial charge is 0.367 e. The fourth-order valence-corrected chi connectivity index (χ4v) is 2.00. The summed E-state index contributed by atoms with van der Waals surface area (Å²) in [5.41, 5.74) is 0.943. The van der Waals surface area contributed by atoms with Gasteiger partial charge in [-0.05, 0) is 18.5 Å². The van der Waals surface area contributed by atoms with Crippen LogP contribution in [0.25, 0.3) is 0 Å². The molecular formula is C14H20F3NO. The van der Waals surface area contributed by atoms with Gasteiger partial charge in [-0.25, -0.2) is 0 Å². The number of ether oxygens (including phenoxy) is 1. The number of alkyl halides is 3. The van der Waals surface area contributed by atoms with E-state index >= 15 is 0 Å². The van der Waals surface area contributed by atoms with E-state index < -0.39 is 18.9 Å². The average Bonchev–Trinajstić information content (AvgIpc) is 2.38. The van der Waals surface area contributed by atoms with Crippen molar-refractivity contribution in [2.24, 2.45) is 0 Å². The Kier molecular flexibility index (Phi) is 6.31. The molecule has 2 unspecified atom stereocenters. The molecule has 0 aromatic heterocycles. The van der Waals surface area contributed by atoms with Crippen molar-refractivity contribution in [3.63, 3.8) is 0 Å². The Labute approximate surface area is 112 Å². The monoisotopic (exact) mass is 275 g/mol. The highest BCUT2D eigenvalue weighted by Crippen LogP contribution is 2.24. The molecule has 0 saturated carbocycles. The summed E-state index contributed by atoms with van der Waals surface area (Å²) in [5.74, 6) is 0. The van der Waals surface area contributed by atoms with Crippen LogP contribution in [0.1, 0.15) is 31.9 Å². The SMILES string of the molecule is CCNC(c1ccccc1)C(CC)OCC(F)(F)F. The van der Waals surface area contributed by atoms with Crippen LogP contribution < -0.4 is 5.32 Å². The van der Waals surface area contributed by atoms with Crippen molar-refractivity contribution in [1.82, 2.24) is 5.32 Å². The normalized spacial score (nSPS) is 15.2. The van der Waals surface area contributed by atoms with Crippen molar-refractivity contribution in [1.29, 1.82) is 0 Å². The summed E-state index contributed by atoms with van der Waals surface area (Å²) in [4.78, 5) is 0. The van der Waals surface area contributed by atoms with Gasteiger partial charge in [-0.2, -0.15) is 13.2 Å². The van der Waals surface area contributed by atoms with Gasteiger partial charge in [0.2, 0.25) is 0 Å². The molecule has 1 aromatic rings. The molecule has 0 spiro atoms. The fraction of sp³-hybridized carbons (Fsp3) is 0.571. The third kappa shape index (κ3) is 5.61. The van der Waals surface area contributed by atoms with E-state index in [1.54, 1.807) is 0 Å². The second-order valence-electron chi connectivity index (χ2n) is 4.32. The third-order valence-electron chi connectivity index (χ3n) is 2.82. The molecule has 2 atom stereocenters. The Bertz CT molecular complexity index is 353. The molecule has 1 aromatic carbocycles. The number of halogens is 3. The molecule has 0 radical (unpaired) electrons. The molecule has 2 nitrogen and oxygen atoms in total. The van der Waals surface area contributed by atoms with Crippen LogP contribution >= 0.6 is 0 Å². The van der Waals surface area contributed by atoms with E-state index in [4.69, 9.17) is 4.74 Å². The van der Waals surface area contributed by atoms with E-state index in [-0.39, 0.29) is 6.04 Å². The molecule has 0 aliphatic heterocycles. The molecule has 5 heteroatoms. The van der Waals surface area contributed by atoms with Crippen LogP contribution in [0.5, 0.6) is 0 Å². The zero-order chi connectivity index (χ0) is 14.3.